The van der Waals surface area contributed by atoms with Crippen LogP contribution in [0.15, 0.2) is 18.2 Å². The molecule has 0 aliphatic carbocycles. The molecule has 0 saturated carbocycles. The Balaban J connectivity index is 2.78. The van der Waals surface area contributed by atoms with Gasteiger partial charge in [0.1, 0.15) is 17.7 Å². The first-order chi connectivity index (χ1) is 8.97. The molecule has 5 nitrogen and oxygen atoms in total. The number of hydrogen-bond acceptors (Lipinski definition) is 5. The van der Waals surface area contributed by atoms with Crippen LogP contribution in [0.3, 0.4) is 0 Å². The minimum absolute atomic E-state index is 0.133. The fourth-order valence-electron chi connectivity index (χ4n) is 1.60. The van der Waals surface area contributed by atoms with Gasteiger partial charge < -0.3 is 19.7 Å². The molecule has 0 amide bonds. The van der Waals surface area contributed by atoms with Gasteiger partial charge in [-0.15, -0.1) is 0 Å². The number of benzene rings is 1. The summed E-state index contributed by atoms with van der Waals surface area (Å²) in [6, 6.07) is 3.61. The Morgan fingerprint density at radius 2 is 2.05 bits per heavy atom. The average Bonchev–Trinajstić information content (AvgIpc) is 2.37. The van der Waals surface area contributed by atoms with Crippen molar-refractivity contribution in [2.45, 2.75) is 25.6 Å². The number of halogens is 1. The molecule has 0 bridgehead atoms. The summed E-state index contributed by atoms with van der Waals surface area (Å²) in [5.74, 6) is -1.01. The maximum atomic E-state index is 13.3. The molecule has 0 heterocycles. The van der Waals surface area contributed by atoms with E-state index in [4.69, 9.17) is 4.74 Å². The summed E-state index contributed by atoms with van der Waals surface area (Å²) >= 11 is 0. The van der Waals surface area contributed by atoms with Crippen LogP contribution >= 0.6 is 0 Å². The van der Waals surface area contributed by atoms with Crippen molar-refractivity contribution in [1.82, 2.24) is 0 Å². The molecule has 2 atom stereocenters. The number of methoxy groups -OCH3 is 1. The van der Waals surface area contributed by atoms with E-state index in [0.29, 0.717) is 0 Å². The lowest BCUT2D eigenvalue weighted by atomic mass is 10.0. The van der Waals surface area contributed by atoms with Crippen molar-refractivity contribution >= 4 is 5.97 Å². The van der Waals surface area contributed by atoms with Gasteiger partial charge in [0.05, 0.1) is 26.2 Å². The van der Waals surface area contributed by atoms with Gasteiger partial charge >= 0.3 is 5.97 Å². The molecule has 19 heavy (non-hydrogen) atoms. The van der Waals surface area contributed by atoms with E-state index in [9.17, 15) is 19.4 Å². The molecule has 0 fully saturated rings. The van der Waals surface area contributed by atoms with E-state index in [1.54, 1.807) is 6.92 Å². The first-order valence-electron chi connectivity index (χ1n) is 5.84. The van der Waals surface area contributed by atoms with E-state index in [-0.39, 0.29) is 24.3 Å². The molecule has 0 spiro atoms. The lowest BCUT2D eigenvalue weighted by Crippen LogP contribution is -2.23. The summed E-state index contributed by atoms with van der Waals surface area (Å²) in [5, 5.41) is 19.6. The largest absolute Gasteiger partial charge is 0.497 e. The molecule has 6 heteroatoms. The standard InChI is InChI=1S/C13H17FO5/c1-3-19-12(16)7-11(15)13(17)8-4-9(14)6-10(5-8)18-2/h4-6,11,13,15,17H,3,7H2,1-2H3. The summed E-state index contributed by atoms with van der Waals surface area (Å²) in [4.78, 5) is 11.2. The Labute approximate surface area is 110 Å². The second-order valence-electron chi connectivity index (χ2n) is 3.95. The molecule has 2 unspecified atom stereocenters. The van der Waals surface area contributed by atoms with Crippen molar-refractivity contribution in [3.8, 4) is 5.75 Å². The third-order valence-corrected chi connectivity index (χ3v) is 2.52. The Morgan fingerprint density at radius 3 is 2.63 bits per heavy atom. The van der Waals surface area contributed by atoms with Gasteiger partial charge in [-0.25, -0.2) is 4.39 Å². The SMILES string of the molecule is CCOC(=O)CC(O)C(O)c1cc(F)cc(OC)c1. The van der Waals surface area contributed by atoms with Crippen molar-refractivity contribution in [2.24, 2.45) is 0 Å². The Morgan fingerprint density at radius 1 is 1.37 bits per heavy atom. The zero-order valence-corrected chi connectivity index (χ0v) is 10.8. The van der Waals surface area contributed by atoms with E-state index < -0.39 is 24.0 Å². The van der Waals surface area contributed by atoms with Crippen molar-refractivity contribution in [2.75, 3.05) is 13.7 Å². The van der Waals surface area contributed by atoms with Gasteiger partial charge in [0, 0.05) is 6.07 Å². The molecular formula is C13H17FO5. The van der Waals surface area contributed by atoms with Crippen LogP contribution < -0.4 is 4.74 Å². The van der Waals surface area contributed by atoms with E-state index >= 15 is 0 Å². The predicted octanol–water partition coefficient (Wildman–Crippen LogP) is 1.18. The quantitative estimate of drug-likeness (QED) is 0.761. The third kappa shape index (κ3) is 4.50. The van der Waals surface area contributed by atoms with Crippen LogP contribution in [-0.4, -0.2) is 36.0 Å². The first kappa shape index (κ1) is 15.4. The molecule has 1 aromatic carbocycles. The second-order valence-corrected chi connectivity index (χ2v) is 3.95. The highest BCUT2D eigenvalue weighted by Gasteiger charge is 2.23. The van der Waals surface area contributed by atoms with Crippen LogP contribution in [0.25, 0.3) is 0 Å². The highest BCUT2D eigenvalue weighted by molar-refractivity contribution is 5.70. The molecule has 0 aromatic heterocycles. The minimum Gasteiger partial charge on any atom is -0.497 e. The third-order valence-electron chi connectivity index (χ3n) is 2.52. The number of aliphatic hydroxyl groups excluding tert-OH is 2. The lowest BCUT2D eigenvalue weighted by Gasteiger charge is -2.18. The Hall–Kier alpha value is -1.66. The molecule has 0 aliphatic heterocycles. The molecular weight excluding hydrogens is 255 g/mol. The molecule has 0 saturated heterocycles. The van der Waals surface area contributed by atoms with E-state index in [2.05, 4.69) is 4.74 Å². The van der Waals surface area contributed by atoms with Gasteiger partial charge in [0.2, 0.25) is 0 Å². The number of ether oxygens (including phenoxy) is 2. The van der Waals surface area contributed by atoms with Gasteiger partial charge in [0.15, 0.2) is 0 Å². The molecule has 0 radical (unpaired) electrons. The normalized spacial score (nSPS) is 13.7. The smallest absolute Gasteiger partial charge is 0.308 e. The van der Waals surface area contributed by atoms with E-state index in [0.717, 1.165) is 12.1 Å². The van der Waals surface area contributed by atoms with Crippen LogP contribution in [0, 0.1) is 5.82 Å². The van der Waals surface area contributed by atoms with Crippen molar-refractivity contribution in [1.29, 1.82) is 0 Å². The zero-order chi connectivity index (χ0) is 14.4. The van der Waals surface area contributed by atoms with Gasteiger partial charge in [-0.05, 0) is 24.6 Å². The number of carbonyl (C=O) groups excluding carboxylic acids is 1. The fraction of sp³-hybridized carbons (Fsp3) is 0.462. The lowest BCUT2D eigenvalue weighted by molar-refractivity contribution is -0.147. The topological polar surface area (TPSA) is 76.0 Å². The molecule has 2 N–H and O–H groups in total. The molecule has 1 aromatic rings. The summed E-state index contributed by atoms with van der Waals surface area (Å²) < 4.78 is 22.8. The summed E-state index contributed by atoms with van der Waals surface area (Å²) in [6.45, 7) is 1.83. The molecule has 0 aliphatic rings. The Bertz CT molecular complexity index is 435. The highest BCUT2D eigenvalue weighted by Crippen LogP contribution is 2.24. The highest BCUT2D eigenvalue weighted by atomic mass is 19.1. The zero-order valence-electron chi connectivity index (χ0n) is 10.8. The number of aliphatic hydroxyl groups is 2. The summed E-state index contributed by atoms with van der Waals surface area (Å²) in [6.07, 6.45) is -3.13. The van der Waals surface area contributed by atoms with Crippen LogP contribution in [0.4, 0.5) is 4.39 Å². The monoisotopic (exact) mass is 272 g/mol. The van der Waals surface area contributed by atoms with Gasteiger partial charge in [-0.3, -0.25) is 4.79 Å². The Kier molecular flexibility index (Phi) is 5.72. The van der Waals surface area contributed by atoms with Crippen LogP contribution in [-0.2, 0) is 9.53 Å². The number of esters is 1. The second kappa shape index (κ2) is 7.06. The van der Waals surface area contributed by atoms with Crippen molar-refractivity contribution < 1.29 is 28.9 Å². The van der Waals surface area contributed by atoms with Crippen molar-refractivity contribution in [3.05, 3.63) is 29.6 Å². The predicted molar refractivity (Wildman–Crippen MR) is 65.2 cm³/mol. The minimum atomic E-state index is -1.39. The van der Waals surface area contributed by atoms with Crippen LogP contribution in [0.5, 0.6) is 5.75 Å². The maximum absolute atomic E-state index is 13.3. The first-order valence-corrected chi connectivity index (χ1v) is 5.84. The maximum Gasteiger partial charge on any atom is 0.308 e. The van der Waals surface area contributed by atoms with Crippen LogP contribution in [0.1, 0.15) is 25.0 Å². The average molecular weight is 272 g/mol. The number of hydrogen-bond donors (Lipinski definition) is 2. The van der Waals surface area contributed by atoms with Gasteiger partial charge in [0.25, 0.3) is 0 Å². The van der Waals surface area contributed by atoms with Crippen molar-refractivity contribution in [3.63, 3.8) is 0 Å². The fourth-order valence-corrected chi connectivity index (χ4v) is 1.60. The molecule has 106 valence electrons. The summed E-state index contributed by atoms with van der Waals surface area (Å²) in [7, 11) is 1.36. The van der Waals surface area contributed by atoms with E-state index in [1.807, 2.05) is 0 Å². The van der Waals surface area contributed by atoms with Gasteiger partial charge in [-0.2, -0.15) is 0 Å². The van der Waals surface area contributed by atoms with E-state index in [1.165, 1.54) is 13.2 Å². The summed E-state index contributed by atoms with van der Waals surface area (Å²) in [5.41, 5.74) is 0.133. The number of rotatable bonds is 6. The molecule has 1 rings (SSSR count). The number of carbonyl (C=O) groups is 1. The van der Waals surface area contributed by atoms with Crippen LogP contribution in [0.2, 0.25) is 0 Å². The van der Waals surface area contributed by atoms with Gasteiger partial charge in [-0.1, -0.05) is 0 Å².